The van der Waals surface area contributed by atoms with Crippen LogP contribution < -0.4 is 0 Å². The molecule has 0 aliphatic carbocycles. The lowest BCUT2D eigenvalue weighted by molar-refractivity contribution is -0.174. The van der Waals surface area contributed by atoms with Crippen LogP contribution in [0.25, 0.3) is 0 Å². The lowest BCUT2D eigenvalue weighted by atomic mass is 9.82. The summed E-state index contributed by atoms with van der Waals surface area (Å²) in [6.07, 6.45) is 6.31. The van der Waals surface area contributed by atoms with Gasteiger partial charge in [0.2, 0.25) is 0 Å². The van der Waals surface area contributed by atoms with Crippen LogP contribution in [0.4, 0.5) is 0 Å². The van der Waals surface area contributed by atoms with Gasteiger partial charge in [-0.05, 0) is 25.2 Å². The Morgan fingerprint density at radius 3 is 1.91 bits per heavy atom. The number of rotatable bonds is 12. The monoisotopic (exact) mass is 314 g/mol. The zero-order valence-electron chi connectivity index (χ0n) is 15.1. The first-order valence-electron chi connectivity index (χ1n) is 8.79. The summed E-state index contributed by atoms with van der Waals surface area (Å²) in [7, 11) is 0. The second kappa shape index (κ2) is 11.5. The van der Waals surface area contributed by atoms with Crippen molar-refractivity contribution in [2.75, 3.05) is 13.2 Å². The van der Waals surface area contributed by atoms with E-state index < -0.39 is 17.4 Å². The maximum absolute atomic E-state index is 12.4. The molecule has 0 fully saturated rings. The number of esters is 2. The molecule has 0 rings (SSSR count). The third kappa shape index (κ3) is 6.80. The van der Waals surface area contributed by atoms with E-state index in [1.54, 1.807) is 0 Å². The molecule has 0 aliphatic rings. The van der Waals surface area contributed by atoms with E-state index in [2.05, 4.69) is 6.92 Å². The van der Waals surface area contributed by atoms with Crippen molar-refractivity contribution in [2.45, 2.75) is 79.6 Å². The standard InChI is InChI=1S/C18H34O4/c1-6-9-10-11-12-13-21-16(19)18(7-2,8-3)17(20)22-14-15(4)5/h15H,6-14H2,1-5H3. The van der Waals surface area contributed by atoms with E-state index >= 15 is 0 Å². The summed E-state index contributed by atoms with van der Waals surface area (Å²) in [6.45, 7) is 10.5. The van der Waals surface area contributed by atoms with Crippen LogP contribution in [0.2, 0.25) is 0 Å². The molecule has 0 amide bonds. The Kier molecular flexibility index (Phi) is 10.9. The van der Waals surface area contributed by atoms with E-state index in [9.17, 15) is 9.59 Å². The topological polar surface area (TPSA) is 52.6 Å². The molecule has 4 nitrogen and oxygen atoms in total. The lowest BCUT2D eigenvalue weighted by Gasteiger charge is -2.27. The summed E-state index contributed by atoms with van der Waals surface area (Å²) in [5.41, 5.74) is -1.14. The van der Waals surface area contributed by atoms with Crippen molar-refractivity contribution in [3.05, 3.63) is 0 Å². The Labute approximate surface area is 135 Å². The summed E-state index contributed by atoms with van der Waals surface area (Å²) >= 11 is 0. The molecule has 0 atom stereocenters. The van der Waals surface area contributed by atoms with E-state index in [4.69, 9.17) is 9.47 Å². The van der Waals surface area contributed by atoms with Gasteiger partial charge in [-0.3, -0.25) is 9.59 Å². The summed E-state index contributed by atoms with van der Waals surface area (Å²) in [6, 6.07) is 0. The molecule has 0 aromatic heterocycles. The molecule has 130 valence electrons. The minimum atomic E-state index is -1.14. The third-order valence-corrected chi connectivity index (χ3v) is 4.02. The van der Waals surface area contributed by atoms with Crippen LogP contribution in [0.1, 0.15) is 79.6 Å². The zero-order chi connectivity index (χ0) is 17.0. The number of unbranched alkanes of at least 4 members (excludes halogenated alkanes) is 4. The summed E-state index contributed by atoms with van der Waals surface area (Å²) in [4.78, 5) is 24.7. The first kappa shape index (κ1) is 20.9. The highest BCUT2D eigenvalue weighted by Gasteiger charge is 2.45. The molecular formula is C18H34O4. The largest absolute Gasteiger partial charge is 0.465 e. The molecule has 22 heavy (non-hydrogen) atoms. The average Bonchev–Trinajstić information content (AvgIpc) is 2.50. The third-order valence-electron chi connectivity index (χ3n) is 4.02. The van der Waals surface area contributed by atoms with E-state index in [0.29, 0.717) is 26.1 Å². The summed E-state index contributed by atoms with van der Waals surface area (Å²) < 4.78 is 10.6. The molecule has 0 aromatic carbocycles. The molecule has 4 heteroatoms. The van der Waals surface area contributed by atoms with Gasteiger partial charge in [0.05, 0.1) is 13.2 Å². The number of hydrogen-bond donors (Lipinski definition) is 0. The van der Waals surface area contributed by atoms with Crippen molar-refractivity contribution >= 4 is 11.9 Å². The molecule has 0 spiro atoms. The van der Waals surface area contributed by atoms with Gasteiger partial charge >= 0.3 is 11.9 Å². The SMILES string of the molecule is CCCCCCCOC(=O)C(CC)(CC)C(=O)OCC(C)C. The van der Waals surface area contributed by atoms with Crippen LogP contribution in [0.15, 0.2) is 0 Å². The van der Waals surface area contributed by atoms with Gasteiger partial charge in [0.25, 0.3) is 0 Å². The Hall–Kier alpha value is -1.06. The number of ether oxygens (including phenoxy) is 2. The van der Waals surface area contributed by atoms with E-state index in [-0.39, 0.29) is 5.92 Å². The highest BCUT2D eigenvalue weighted by atomic mass is 16.6. The average molecular weight is 314 g/mol. The van der Waals surface area contributed by atoms with Gasteiger partial charge in [-0.1, -0.05) is 60.3 Å². The minimum Gasteiger partial charge on any atom is -0.465 e. The molecule has 0 bridgehead atoms. The Morgan fingerprint density at radius 2 is 1.41 bits per heavy atom. The predicted molar refractivity (Wildman–Crippen MR) is 88.5 cm³/mol. The molecule has 0 unspecified atom stereocenters. The molecule has 0 N–H and O–H groups in total. The highest BCUT2D eigenvalue weighted by molar-refractivity contribution is 5.99. The van der Waals surface area contributed by atoms with Crippen LogP contribution in [-0.4, -0.2) is 25.2 Å². The second-order valence-corrected chi connectivity index (χ2v) is 6.33. The Balaban J connectivity index is 4.44. The molecule has 0 radical (unpaired) electrons. The van der Waals surface area contributed by atoms with Crippen LogP contribution >= 0.6 is 0 Å². The summed E-state index contributed by atoms with van der Waals surface area (Å²) in [5, 5.41) is 0. The maximum Gasteiger partial charge on any atom is 0.323 e. The number of carbonyl (C=O) groups is 2. The van der Waals surface area contributed by atoms with E-state index in [1.165, 1.54) is 12.8 Å². The molecule has 0 aromatic rings. The van der Waals surface area contributed by atoms with Crippen molar-refractivity contribution in [3.63, 3.8) is 0 Å². The van der Waals surface area contributed by atoms with Crippen molar-refractivity contribution in [1.82, 2.24) is 0 Å². The predicted octanol–water partition coefficient (Wildman–Crippen LogP) is 4.51. The van der Waals surface area contributed by atoms with Crippen LogP contribution in [0, 0.1) is 11.3 Å². The first-order chi connectivity index (χ1) is 10.4. The van der Waals surface area contributed by atoms with Crippen molar-refractivity contribution < 1.29 is 19.1 Å². The van der Waals surface area contributed by atoms with Crippen molar-refractivity contribution in [2.24, 2.45) is 11.3 Å². The molecule has 0 saturated carbocycles. The second-order valence-electron chi connectivity index (χ2n) is 6.33. The Morgan fingerprint density at radius 1 is 0.864 bits per heavy atom. The zero-order valence-corrected chi connectivity index (χ0v) is 15.1. The van der Waals surface area contributed by atoms with Gasteiger partial charge in [0, 0.05) is 0 Å². The fraction of sp³-hybridized carbons (Fsp3) is 0.889. The van der Waals surface area contributed by atoms with Crippen molar-refractivity contribution in [1.29, 1.82) is 0 Å². The maximum atomic E-state index is 12.4. The van der Waals surface area contributed by atoms with Crippen LogP contribution in [-0.2, 0) is 19.1 Å². The normalized spacial score (nSPS) is 11.5. The lowest BCUT2D eigenvalue weighted by Crippen LogP contribution is -2.41. The minimum absolute atomic E-state index is 0.255. The fourth-order valence-electron chi connectivity index (χ4n) is 2.30. The summed E-state index contributed by atoms with van der Waals surface area (Å²) in [5.74, 6) is -0.617. The smallest absolute Gasteiger partial charge is 0.323 e. The van der Waals surface area contributed by atoms with Gasteiger partial charge in [-0.25, -0.2) is 0 Å². The van der Waals surface area contributed by atoms with Gasteiger partial charge in [0.1, 0.15) is 0 Å². The van der Waals surface area contributed by atoms with Gasteiger partial charge in [0.15, 0.2) is 5.41 Å². The number of hydrogen-bond acceptors (Lipinski definition) is 4. The van der Waals surface area contributed by atoms with Crippen LogP contribution in [0.3, 0.4) is 0 Å². The van der Waals surface area contributed by atoms with Crippen molar-refractivity contribution in [3.8, 4) is 0 Å². The highest BCUT2D eigenvalue weighted by Crippen LogP contribution is 2.30. The van der Waals surface area contributed by atoms with Gasteiger partial charge in [-0.15, -0.1) is 0 Å². The Bertz CT molecular complexity index is 319. The molecular weight excluding hydrogens is 280 g/mol. The van der Waals surface area contributed by atoms with Crippen LogP contribution in [0.5, 0.6) is 0 Å². The van der Waals surface area contributed by atoms with Gasteiger partial charge < -0.3 is 9.47 Å². The van der Waals surface area contributed by atoms with Gasteiger partial charge in [-0.2, -0.15) is 0 Å². The molecule has 0 aliphatic heterocycles. The molecule has 0 saturated heterocycles. The quantitative estimate of drug-likeness (QED) is 0.302. The number of carbonyl (C=O) groups excluding carboxylic acids is 2. The molecule has 0 heterocycles. The van der Waals surface area contributed by atoms with E-state index in [1.807, 2.05) is 27.7 Å². The first-order valence-corrected chi connectivity index (χ1v) is 8.79. The van der Waals surface area contributed by atoms with E-state index in [0.717, 1.165) is 19.3 Å². The fourth-order valence-corrected chi connectivity index (χ4v) is 2.30.